The number of hydrogen-bond acceptors (Lipinski definition) is 4. The summed E-state index contributed by atoms with van der Waals surface area (Å²) in [6.07, 6.45) is 1.07. The second kappa shape index (κ2) is 10.1. The van der Waals surface area contributed by atoms with Crippen molar-refractivity contribution in [1.82, 2.24) is 19.8 Å². The van der Waals surface area contributed by atoms with E-state index < -0.39 is 10.0 Å². The molecule has 1 aromatic rings. The topological polar surface area (TPSA) is 98.8 Å². The van der Waals surface area contributed by atoms with Crippen LogP contribution >= 0.6 is 0 Å². The van der Waals surface area contributed by atoms with Gasteiger partial charge in [-0.25, -0.2) is 13.2 Å². The number of sulfonamides is 1. The van der Waals surface area contributed by atoms with Gasteiger partial charge in [-0.3, -0.25) is 4.79 Å². The van der Waals surface area contributed by atoms with Crippen molar-refractivity contribution in [3.8, 4) is 0 Å². The lowest BCUT2D eigenvalue weighted by Crippen LogP contribution is -2.53. The molecule has 0 saturated carbocycles. The van der Waals surface area contributed by atoms with E-state index in [1.807, 2.05) is 33.8 Å². The van der Waals surface area contributed by atoms with Crippen molar-refractivity contribution in [2.45, 2.75) is 51.5 Å². The Balaban J connectivity index is 1.82. The van der Waals surface area contributed by atoms with Gasteiger partial charge in [-0.2, -0.15) is 4.31 Å². The fourth-order valence-electron chi connectivity index (χ4n) is 3.00. The number of nitrogens with zero attached hydrogens (tertiary/aromatic N) is 2. The number of carbonyl (C=O) groups excluding carboxylic acids is 2. The SMILES string of the molecule is CCC(C)NC(=O)CCNC(=O)N1CCN(S(=O)(=O)c2ccc(C)c(C)c2)CC1. The van der Waals surface area contributed by atoms with Gasteiger partial charge < -0.3 is 15.5 Å². The quantitative estimate of drug-likeness (QED) is 0.695. The Labute approximate surface area is 173 Å². The van der Waals surface area contributed by atoms with Crippen LogP contribution in [0.4, 0.5) is 4.79 Å². The maximum atomic E-state index is 12.8. The van der Waals surface area contributed by atoms with E-state index in [2.05, 4.69) is 10.6 Å². The highest BCUT2D eigenvalue weighted by Gasteiger charge is 2.30. The van der Waals surface area contributed by atoms with Gasteiger partial charge in [-0.15, -0.1) is 0 Å². The van der Waals surface area contributed by atoms with Crippen molar-refractivity contribution in [3.63, 3.8) is 0 Å². The Hall–Kier alpha value is -2.13. The summed E-state index contributed by atoms with van der Waals surface area (Å²) in [4.78, 5) is 25.9. The summed E-state index contributed by atoms with van der Waals surface area (Å²) in [6.45, 7) is 9.13. The molecule has 1 fully saturated rings. The lowest BCUT2D eigenvalue weighted by molar-refractivity contribution is -0.121. The van der Waals surface area contributed by atoms with Gasteiger partial charge in [0.15, 0.2) is 0 Å². The number of nitrogens with one attached hydrogen (secondary N) is 2. The van der Waals surface area contributed by atoms with Crippen LogP contribution in [-0.4, -0.2) is 68.3 Å². The third kappa shape index (κ3) is 6.17. The summed E-state index contributed by atoms with van der Waals surface area (Å²) in [7, 11) is -3.57. The molecular weight excluding hydrogens is 392 g/mol. The minimum absolute atomic E-state index is 0.0936. The van der Waals surface area contributed by atoms with Gasteiger partial charge in [0, 0.05) is 45.2 Å². The highest BCUT2D eigenvalue weighted by Crippen LogP contribution is 2.20. The van der Waals surface area contributed by atoms with E-state index in [9.17, 15) is 18.0 Å². The highest BCUT2D eigenvalue weighted by atomic mass is 32.2. The Morgan fingerprint density at radius 1 is 1.10 bits per heavy atom. The van der Waals surface area contributed by atoms with Gasteiger partial charge in [0.25, 0.3) is 0 Å². The summed E-state index contributed by atoms with van der Waals surface area (Å²) in [5.74, 6) is -0.0936. The third-order valence-corrected chi connectivity index (χ3v) is 7.18. The van der Waals surface area contributed by atoms with Crippen LogP contribution in [0.1, 0.15) is 37.8 Å². The molecular formula is C20H32N4O4S. The zero-order chi connectivity index (χ0) is 21.6. The summed E-state index contributed by atoms with van der Waals surface area (Å²) in [5.41, 5.74) is 1.98. The number of aryl methyl sites for hydroxylation is 2. The maximum Gasteiger partial charge on any atom is 0.317 e. The lowest BCUT2D eigenvalue weighted by atomic mass is 10.1. The highest BCUT2D eigenvalue weighted by molar-refractivity contribution is 7.89. The molecule has 1 aliphatic rings. The van der Waals surface area contributed by atoms with E-state index in [1.54, 1.807) is 17.0 Å². The fourth-order valence-corrected chi connectivity index (χ4v) is 4.51. The van der Waals surface area contributed by atoms with Crippen LogP contribution in [0.3, 0.4) is 0 Å². The first-order valence-electron chi connectivity index (χ1n) is 10.0. The molecule has 162 valence electrons. The molecule has 2 N–H and O–H groups in total. The molecule has 1 aromatic carbocycles. The van der Waals surface area contributed by atoms with E-state index in [1.165, 1.54) is 4.31 Å². The molecule has 1 aliphatic heterocycles. The fraction of sp³-hybridized carbons (Fsp3) is 0.600. The van der Waals surface area contributed by atoms with E-state index in [-0.39, 0.29) is 48.9 Å². The number of piperazine rings is 1. The van der Waals surface area contributed by atoms with Gasteiger partial charge in [-0.05, 0) is 50.5 Å². The zero-order valence-corrected chi connectivity index (χ0v) is 18.5. The summed E-state index contributed by atoms with van der Waals surface area (Å²) >= 11 is 0. The first-order valence-corrected chi connectivity index (χ1v) is 11.5. The molecule has 0 aliphatic carbocycles. The van der Waals surface area contributed by atoms with Gasteiger partial charge >= 0.3 is 6.03 Å². The monoisotopic (exact) mass is 424 g/mol. The Bertz CT molecular complexity index is 833. The molecule has 8 nitrogen and oxygen atoms in total. The Morgan fingerprint density at radius 3 is 2.34 bits per heavy atom. The number of rotatable bonds is 7. The van der Waals surface area contributed by atoms with Gasteiger partial charge in [0.2, 0.25) is 15.9 Å². The lowest BCUT2D eigenvalue weighted by Gasteiger charge is -2.34. The smallest absolute Gasteiger partial charge is 0.317 e. The predicted octanol–water partition coefficient (Wildman–Crippen LogP) is 1.62. The molecule has 1 unspecified atom stereocenters. The minimum atomic E-state index is -3.57. The molecule has 0 bridgehead atoms. The summed E-state index contributed by atoms with van der Waals surface area (Å²) in [5, 5.41) is 5.58. The van der Waals surface area contributed by atoms with Gasteiger partial charge in [-0.1, -0.05) is 13.0 Å². The van der Waals surface area contributed by atoms with Crippen molar-refractivity contribution < 1.29 is 18.0 Å². The summed E-state index contributed by atoms with van der Waals surface area (Å²) < 4.78 is 27.1. The molecule has 1 heterocycles. The molecule has 29 heavy (non-hydrogen) atoms. The van der Waals surface area contributed by atoms with E-state index in [4.69, 9.17) is 0 Å². The van der Waals surface area contributed by atoms with E-state index in [0.717, 1.165) is 17.5 Å². The minimum Gasteiger partial charge on any atom is -0.354 e. The normalized spacial score (nSPS) is 16.3. The van der Waals surface area contributed by atoms with Crippen LogP contribution < -0.4 is 10.6 Å². The molecule has 3 amide bonds. The van der Waals surface area contributed by atoms with Gasteiger partial charge in [0.1, 0.15) is 0 Å². The molecule has 1 atom stereocenters. The first kappa shape index (κ1) is 23.2. The second-order valence-corrected chi connectivity index (χ2v) is 9.43. The molecule has 2 rings (SSSR count). The summed E-state index contributed by atoms with van der Waals surface area (Å²) in [6, 6.07) is 4.97. The zero-order valence-electron chi connectivity index (χ0n) is 17.7. The Morgan fingerprint density at radius 2 is 1.76 bits per heavy atom. The average Bonchev–Trinajstić information content (AvgIpc) is 2.69. The van der Waals surface area contributed by atoms with Crippen LogP contribution in [-0.2, 0) is 14.8 Å². The predicted molar refractivity (Wildman–Crippen MR) is 112 cm³/mol. The van der Waals surface area contributed by atoms with Crippen LogP contribution in [0.5, 0.6) is 0 Å². The van der Waals surface area contributed by atoms with Crippen molar-refractivity contribution in [2.75, 3.05) is 32.7 Å². The number of hydrogen-bond donors (Lipinski definition) is 2. The van der Waals surface area contributed by atoms with Crippen LogP contribution in [0, 0.1) is 13.8 Å². The van der Waals surface area contributed by atoms with E-state index in [0.29, 0.717) is 13.1 Å². The number of urea groups is 1. The molecule has 0 aromatic heterocycles. The molecule has 1 saturated heterocycles. The average molecular weight is 425 g/mol. The van der Waals surface area contributed by atoms with Crippen molar-refractivity contribution in [2.24, 2.45) is 0 Å². The third-order valence-electron chi connectivity index (χ3n) is 5.29. The number of benzene rings is 1. The molecule has 9 heteroatoms. The van der Waals surface area contributed by atoms with Crippen LogP contribution in [0.15, 0.2) is 23.1 Å². The molecule has 0 spiro atoms. The maximum absolute atomic E-state index is 12.8. The number of amides is 3. The number of carbonyl (C=O) groups is 2. The van der Waals surface area contributed by atoms with Crippen molar-refractivity contribution in [3.05, 3.63) is 29.3 Å². The van der Waals surface area contributed by atoms with Crippen LogP contribution in [0.25, 0.3) is 0 Å². The van der Waals surface area contributed by atoms with Crippen LogP contribution in [0.2, 0.25) is 0 Å². The van der Waals surface area contributed by atoms with E-state index >= 15 is 0 Å². The second-order valence-electron chi connectivity index (χ2n) is 7.50. The Kier molecular flexibility index (Phi) is 8.04. The first-order chi connectivity index (χ1) is 13.6. The van der Waals surface area contributed by atoms with Crippen molar-refractivity contribution in [1.29, 1.82) is 0 Å². The van der Waals surface area contributed by atoms with Gasteiger partial charge in [0.05, 0.1) is 4.90 Å². The van der Waals surface area contributed by atoms with Crippen molar-refractivity contribution >= 4 is 22.0 Å². The molecule has 0 radical (unpaired) electrons. The standard InChI is InChI=1S/C20H32N4O4S/c1-5-17(4)22-19(25)8-9-21-20(26)23-10-12-24(13-11-23)29(27,28)18-7-6-15(2)16(3)14-18/h6-7,14,17H,5,8-13H2,1-4H3,(H,21,26)(H,22,25). The largest absolute Gasteiger partial charge is 0.354 e.